The van der Waals surface area contributed by atoms with Crippen molar-refractivity contribution in [2.24, 2.45) is 5.92 Å². The number of rotatable bonds is 13. The molecular weight excluding hydrogens is 407 g/mol. The van der Waals surface area contributed by atoms with Gasteiger partial charge in [-0.3, -0.25) is 4.57 Å². The van der Waals surface area contributed by atoms with Gasteiger partial charge in [-0.2, -0.15) is 0 Å². The normalized spacial score (nSPS) is 16.5. The van der Waals surface area contributed by atoms with Crippen LogP contribution in [0.1, 0.15) is 71.6 Å². The smallest absolute Gasteiger partial charge is 0.333 e. The second-order valence-electron chi connectivity index (χ2n) is 8.55. The summed E-state index contributed by atoms with van der Waals surface area (Å²) in [6, 6.07) is 14.6. The van der Waals surface area contributed by atoms with Gasteiger partial charge >= 0.3 is 7.60 Å². The summed E-state index contributed by atoms with van der Waals surface area (Å²) in [5, 5.41) is 2.44. The van der Waals surface area contributed by atoms with Crippen molar-refractivity contribution in [3.8, 4) is 5.75 Å². The summed E-state index contributed by atoms with van der Waals surface area (Å²) < 4.78 is 31.1. The average molecular weight is 447 g/mol. The Morgan fingerprint density at radius 2 is 1.61 bits per heavy atom. The van der Waals surface area contributed by atoms with Crippen LogP contribution in [0.5, 0.6) is 5.75 Å². The van der Waals surface area contributed by atoms with Gasteiger partial charge in [0.15, 0.2) is 0 Å². The molecule has 0 aromatic heterocycles. The van der Waals surface area contributed by atoms with Crippen LogP contribution in [0.2, 0.25) is 0 Å². The van der Waals surface area contributed by atoms with Gasteiger partial charge in [-0.15, -0.1) is 0 Å². The molecule has 1 fully saturated rings. The molecule has 4 nitrogen and oxygen atoms in total. The van der Waals surface area contributed by atoms with E-state index in [-0.39, 0.29) is 5.66 Å². The maximum Gasteiger partial charge on any atom is 0.333 e. The van der Waals surface area contributed by atoms with Gasteiger partial charge in [0.25, 0.3) is 0 Å². The SMILES string of the molecule is CCOP(=O)(OCC)[C@@H](CCCCCOc1ccc2ccccc2c1)C1CCCCC1. The fourth-order valence-electron chi connectivity index (χ4n) is 4.84. The molecule has 1 atom stereocenters. The first-order valence-electron chi connectivity index (χ1n) is 12.2. The van der Waals surface area contributed by atoms with Crippen molar-refractivity contribution in [2.45, 2.75) is 77.3 Å². The molecule has 0 amide bonds. The Kier molecular flexibility index (Phi) is 9.90. The third kappa shape index (κ3) is 7.07. The summed E-state index contributed by atoms with van der Waals surface area (Å²) in [4.78, 5) is 0. The lowest BCUT2D eigenvalue weighted by molar-refractivity contribution is 0.191. The molecule has 1 aliphatic carbocycles. The number of ether oxygens (including phenoxy) is 1. The van der Waals surface area contributed by atoms with Crippen LogP contribution in [0.3, 0.4) is 0 Å². The van der Waals surface area contributed by atoms with Crippen molar-refractivity contribution < 1.29 is 18.3 Å². The summed E-state index contributed by atoms with van der Waals surface area (Å²) in [5.74, 6) is 1.39. The minimum atomic E-state index is -3.06. The molecular formula is C26H39O4P. The summed E-state index contributed by atoms with van der Waals surface area (Å²) in [5.41, 5.74) is 0.0362. The van der Waals surface area contributed by atoms with Crippen LogP contribution in [0, 0.1) is 5.92 Å². The summed E-state index contributed by atoms with van der Waals surface area (Å²) in [6.45, 7) is 5.42. The standard InChI is InChI=1S/C26H39O4P/c1-3-29-31(27,30-4-2)26(23-14-7-5-8-15-23)17-9-6-12-20-28-25-19-18-22-13-10-11-16-24(22)21-25/h10-11,13,16,18-19,21,23,26H,3-9,12,14-15,17,20H2,1-2H3/t26-/m0/s1. The topological polar surface area (TPSA) is 44.8 Å². The fraction of sp³-hybridized carbons (Fsp3) is 0.615. The number of benzene rings is 2. The number of hydrogen-bond donors (Lipinski definition) is 0. The van der Waals surface area contributed by atoms with Crippen molar-refractivity contribution in [3.63, 3.8) is 0 Å². The Hall–Kier alpha value is -1.35. The van der Waals surface area contributed by atoms with Gasteiger partial charge in [-0.25, -0.2) is 0 Å². The molecule has 1 aliphatic rings. The van der Waals surface area contributed by atoms with Crippen LogP contribution in [0.15, 0.2) is 42.5 Å². The third-order valence-corrected chi connectivity index (χ3v) is 9.08. The van der Waals surface area contributed by atoms with Gasteiger partial charge < -0.3 is 13.8 Å². The third-order valence-electron chi connectivity index (χ3n) is 6.35. The minimum absolute atomic E-state index is 0.0362. The van der Waals surface area contributed by atoms with Gasteiger partial charge in [-0.05, 0) is 68.4 Å². The van der Waals surface area contributed by atoms with E-state index in [1.807, 2.05) is 19.9 Å². The van der Waals surface area contributed by atoms with E-state index in [9.17, 15) is 4.57 Å². The molecule has 0 aliphatic heterocycles. The largest absolute Gasteiger partial charge is 0.494 e. The number of fused-ring (bicyclic) bond motifs is 1. The van der Waals surface area contributed by atoms with Crippen LogP contribution in [0.4, 0.5) is 0 Å². The van der Waals surface area contributed by atoms with E-state index in [4.69, 9.17) is 13.8 Å². The maximum atomic E-state index is 13.6. The van der Waals surface area contributed by atoms with Crippen molar-refractivity contribution in [2.75, 3.05) is 19.8 Å². The van der Waals surface area contributed by atoms with Crippen LogP contribution in [0.25, 0.3) is 10.8 Å². The van der Waals surface area contributed by atoms with Crippen LogP contribution in [-0.2, 0) is 13.6 Å². The van der Waals surface area contributed by atoms with Gasteiger partial charge in [0.1, 0.15) is 5.75 Å². The molecule has 1 saturated carbocycles. The Labute approximate surface area is 188 Å². The van der Waals surface area contributed by atoms with Crippen LogP contribution in [-0.4, -0.2) is 25.5 Å². The first-order valence-corrected chi connectivity index (χ1v) is 13.8. The Morgan fingerprint density at radius 1 is 0.903 bits per heavy atom. The molecule has 5 heteroatoms. The maximum absolute atomic E-state index is 13.6. The van der Waals surface area contributed by atoms with Crippen molar-refractivity contribution in [1.82, 2.24) is 0 Å². The molecule has 2 aromatic rings. The molecule has 0 heterocycles. The first kappa shape index (κ1) is 24.3. The van der Waals surface area contributed by atoms with Crippen molar-refractivity contribution in [1.29, 1.82) is 0 Å². The Morgan fingerprint density at radius 3 is 2.32 bits per heavy atom. The lowest BCUT2D eigenvalue weighted by Gasteiger charge is -2.34. The van der Waals surface area contributed by atoms with E-state index in [2.05, 4.69) is 36.4 Å². The molecule has 0 unspecified atom stereocenters. The van der Waals surface area contributed by atoms with Gasteiger partial charge in [0.2, 0.25) is 0 Å². The number of unbranched alkanes of at least 4 members (excludes halogenated alkanes) is 2. The predicted molar refractivity (Wildman–Crippen MR) is 129 cm³/mol. The second kappa shape index (κ2) is 12.6. The van der Waals surface area contributed by atoms with E-state index in [1.54, 1.807) is 0 Å². The van der Waals surface area contributed by atoms with E-state index in [0.717, 1.165) is 44.3 Å². The highest BCUT2D eigenvalue weighted by Gasteiger charge is 2.40. The second-order valence-corrected chi connectivity index (χ2v) is 10.8. The zero-order valence-corrected chi connectivity index (χ0v) is 20.2. The molecule has 31 heavy (non-hydrogen) atoms. The van der Waals surface area contributed by atoms with Crippen molar-refractivity contribution >= 4 is 18.4 Å². The highest BCUT2D eigenvalue weighted by molar-refractivity contribution is 7.54. The van der Waals surface area contributed by atoms with Crippen molar-refractivity contribution in [3.05, 3.63) is 42.5 Å². The van der Waals surface area contributed by atoms with Crippen LogP contribution < -0.4 is 4.74 Å². The zero-order chi connectivity index (χ0) is 21.9. The summed E-state index contributed by atoms with van der Waals surface area (Å²) >= 11 is 0. The zero-order valence-electron chi connectivity index (χ0n) is 19.3. The highest BCUT2D eigenvalue weighted by atomic mass is 31.2. The molecule has 172 valence electrons. The average Bonchev–Trinajstić information content (AvgIpc) is 2.79. The van der Waals surface area contributed by atoms with E-state index in [0.29, 0.717) is 25.7 Å². The first-order chi connectivity index (χ1) is 15.2. The van der Waals surface area contributed by atoms with E-state index in [1.165, 1.54) is 30.0 Å². The minimum Gasteiger partial charge on any atom is -0.494 e. The predicted octanol–water partition coefficient (Wildman–Crippen LogP) is 7.99. The lowest BCUT2D eigenvalue weighted by atomic mass is 9.85. The molecule has 0 spiro atoms. The highest BCUT2D eigenvalue weighted by Crippen LogP contribution is 2.59. The Bertz CT molecular complexity index is 821. The van der Waals surface area contributed by atoms with Gasteiger partial charge in [0, 0.05) is 0 Å². The molecule has 0 N–H and O–H groups in total. The van der Waals surface area contributed by atoms with Gasteiger partial charge in [-0.1, -0.05) is 62.4 Å². The molecule has 0 bridgehead atoms. The molecule has 0 radical (unpaired) electrons. The monoisotopic (exact) mass is 446 g/mol. The van der Waals surface area contributed by atoms with Crippen LogP contribution >= 0.6 is 7.60 Å². The van der Waals surface area contributed by atoms with E-state index >= 15 is 0 Å². The van der Waals surface area contributed by atoms with E-state index < -0.39 is 7.60 Å². The lowest BCUT2D eigenvalue weighted by Crippen LogP contribution is -2.25. The summed E-state index contributed by atoms with van der Waals surface area (Å²) in [7, 11) is -3.06. The number of hydrogen-bond acceptors (Lipinski definition) is 4. The summed E-state index contributed by atoms with van der Waals surface area (Å²) in [6.07, 6.45) is 10.1. The fourth-order valence-corrected chi connectivity index (χ4v) is 7.33. The molecule has 2 aromatic carbocycles. The Balaban J connectivity index is 1.48. The quantitative estimate of drug-likeness (QED) is 0.231. The van der Waals surface area contributed by atoms with Gasteiger partial charge in [0.05, 0.1) is 25.5 Å². The molecule has 3 rings (SSSR count). The molecule has 0 saturated heterocycles.